The Morgan fingerprint density at radius 2 is 1.57 bits per heavy atom. The fraction of sp³-hybridized carbons (Fsp3) is 0.0909. The number of fused-ring (bicyclic) bond motifs is 1. The number of nitrogen functional groups attached to an aromatic ring is 3. The van der Waals surface area contributed by atoms with Crippen molar-refractivity contribution in [3.63, 3.8) is 0 Å². The zero-order chi connectivity index (χ0) is 19.7. The summed E-state index contributed by atoms with van der Waals surface area (Å²) < 4.78 is 0. The Morgan fingerprint density at radius 3 is 2.29 bits per heavy atom. The Hall–Kier alpha value is -3.25. The van der Waals surface area contributed by atoms with E-state index >= 15 is 0 Å². The Morgan fingerprint density at radius 1 is 0.821 bits per heavy atom. The van der Waals surface area contributed by atoms with Crippen LogP contribution in [0.15, 0.2) is 65.7 Å². The third-order valence-electron chi connectivity index (χ3n) is 4.60. The summed E-state index contributed by atoms with van der Waals surface area (Å²) in [6, 6.07) is 18.3. The highest BCUT2D eigenvalue weighted by atomic mass is 32.2. The standard InChI is InChI=1S/C22H21N5S/c1-2-28-17-6-3-13(4-7-17)18-10-15-9-14(5-8-20(15)27-21(18)24)16-11-19(23)22(25)26-12-16/h3-12H,2,23H2,1H3,(H2,24,27)(H2,25,26). The van der Waals surface area contributed by atoms with Crippen molar-refractivity contribution >= 4 is 40.0 Å². The van der Waals surface area contributed by atoms with Crippen LogP contribution in [0.5, 0.6) is 0 Å². The lowest BCUT2D eigenvalue weighted by atomic mass is 10.0. The van der Waals surface area contributed by atoms with Crippen LogP contribution in [0.2, 0.25) is 0 Å². The lowest BCUT2D eigenvalue weighted by Crippen LogP contribution is -1.98. The van der Waals surface area contributed by atoms with Gasteiger partial charge in [0.25, 0.3) is 0 Å². The Balaban J connectivity index is 1.78. The minimum absolute atomic E-state index is 0.339. The molecule has 2 heterocycles. The Labute approximate surface area is 168 Å². The lowest BCUT2D eigenvalue weighted by Gasteiger charge is -2.10. The largest absolute Gasteiger partial charge is 0.396 e. The third kappa shape index (κ3) is 3.46. The maximum Gasteiger partial charge on any atom is 0.146 e. The molecule has 6 heteroatoms. The zero-order valence-corrected chi connectivity index (χ0v) is 16.3. The molecule has 2 aromatic heterocycles. The van der Waals surface area contributed by atoms with Gasteiger partial charge in [0.1, 0.15) is 11.6 Å². The summed E-state index contributed by atoms with van der Waals surface area (Å²) in [5, 5.41) is 1.00. The van der Waals surface area contributed by atoms with E-state index in [1.54, 1.807) is 6.20 Å². The smallest absolute Gasteiger partial charge is 0.146 e. The second-order valence-corrected chi connectivity index (χ2v) is 7.82. The van der Waals surface area contributed by atoms with Crippen LogP contribution in [0, 0.1) is 0 Å². The highest BCUT2D eigenvalue weighted by molar-refractivity contribution is 7.99. The summed E-state index contributed by atoms with van der Waals surface area (Å²) in [6.45, 7) is 2.14. The first kappa shape index (κ1) is 18.1. The molecular weight excluding hydrogens is 366 g/mol. The fourth-order valence-electron chi connectivity index (χ4n) is 3.15. The van der Waals surface area contributed by atoms with Gasteiger partial charge in [-0.2, -0.15) is 0 Å². The van der Waals surface area contributed by atoms with Crippen LogP contribution in [0.4, 0.5) is 17.3 Å². The molecule has 4 aromatic rings. The molecule has 0 bridgehead atoms. The van der Waals surface area contributed by atoms with E-state index in [1.807, 2.05) is 30.0 Å². The summed E-state index contributed by atoms with van der Waals surface area (Å²) in [5.74, 6) is 1.91. The second kappa shape index (κ2) is 7.40. The Kier molecular flexibility index (Phi) is 4.79. The van der Waals surface area contributed by atoms with Crippen LogP contribution >= 0.6 is 11.8 Å². The summed E-state index contributed by atoms with van der Waals surface area (Å²) in [6.07, 6.45) is 1.72. The van der Waals surface area contributed by atoms with E-state index in [1.165, 1.54) is 4.90 Å². The predicted molar refractivity (Wildman–Crippen MR) is 120 cm³/mol. The molecular formula is C22H21N5S. The fourth-order valence-corrected chi connectivity index (χ4v) is 3.81. The summed E-state index contributed by atoms with van der Waals surface area (Å²) in [7, 11) is 0. The molecule has 0 radical (unpaired) electrons. The molecule has 0 amide bonds. The number of thioether (sulfide) groups is 1. The van der Waals surface area contributed by atoms with Gasteiger partial charge in [-0.25, -0.2) is 9.97 Å². The first-order chi connectivity index (χ1) is 13.5. The second-order valence-electron chi connectivity index (χ2n) is 6.48. The lowest BCUT2D eigenvalue weighted by molar-refractivity contribution is 1.34. The van der Waals surface area contributed by atoms with Crippen molar-refractivity contribution in [3.8, 4) is 22.3 Å². The normalized spacial score (nSPS) is 11.0. The molecule has 6 N–H and O–H groups in total. The molecule has 5 nitrogen and oxygen atoms in total. The number of rotatable bonds is 4. The van der Waals surface area contributed by atoms with Gasteiger partial charge in [-0.3, -0.25) is 0 Å². The van der Waals surface area contributed by atoms with Gasteiger partial charge in [0.15, 0.2) is 0 Å². The van der Waals surface area contributed by atoms with E-state index in [2.05, 4.69) is 53.3 Å². The molecule has 4 rings (SSSR count). The van der Waals surface area contributed by atoms with Gasteiger partial charge in [0.05, 0.1) is 11.2 Å². The van der Waals surface area contributed by atoms with Crippen LogP contribution in [0.25, 0.3) is 33.2 Å². The molecule has 0 spiro atoms. The molecule has 0 unspecified atom stereocenters. The molecule has 0 saturated carbocycles. The van der Waals surface area contributed by atoms with Crippen molar-refractivity contribution in [2.24, 2.45) is 0 Å². The average Bonchev–Trinajstić information content (AvgIpc) is 2.70. The number of nitrogens with zero attached hydrogens (tertiary/aromatic N) is 2. The van der Waals surface area contributed by atoms with Crippen LogP contribution < -0.4 is 17.2 Å². The van der Waals surface area contributed by atoms with E-state index in [0.717, 1.165) is 38.9 Å². The topological polar surface area (TPSA) is 104 Å². The van der Waals surface area contributed by atoms with Gasteiger partial charge in [0, 0.05) is 27.6 Å². The van der Waals surface area contributed by atoms with Gasteiger partial charge in [-0.05, 0) is 53.3 Å². The van der Waals surface area contributed by atoms with E-state index < -0.39 is 0 Å². The number of benzene rings is 2. The maximum absolute atomic E-state index is 6.24. The number of nitrogens with two attached hydrogens (primary N) is 3. The molecule has 0 aliphatic carbocycles. The van der Waals surface area contributed by atoms with Gasteiger partial charge >= 0.3 is 0 Å². The van der Waals surface area contributed by atoms with Crippen LogP contribution in [-0.2, 0) is 0 Å². The molecule has 28 heavy (non-hydrogen) atoms. The first-order valence-electron chi connectivity index (χ1n) is 9.00. The number of hydrogen-bond donors (Lipinski definition) is 3. The van der Waals surface area contributed by atoms with Crippen LogP contribution in [0.3, 0.4) is 0 Å². The van der Waals surface area contributed by atoms with Crippen LogP contribution in [0.1, 0.15) is 6.92 Å². The van der Waals surface area contributed by atoms with Crippen molar-refractivity contribution in [2.45, 2.75) is 11.8 Å². The molecule has 2 aromatic carbocycles. The molecule has 0 fully saturated rings. The molecule has 0 aliphatic rings. The monoisotopic (exact) mass is 387 g/mol. The summed E-state index contributed by atoms with van der Waals surface area (Å²) >= 11 is 1.82. The van der Waals surface area contributed by atoms with Crippen molar-refractivity contribution in [1.82, 2.24) is 9.97 Å². The first-order valence-corrected chi connectivity index (χ1v) is 9.98. The third-order valence-corrected chi connectivity index (χ3v) is 5.50. The maximum atomic E-state index is 6.24. The van der Waals surface area contributed by atoms with E-state index in [4.69, 9.17) is 17.2 Å². The number of pyridine rings is 2. The SMILES string of the molecule is CCSc1ccc(-c2cc3cc(-c4cnc(N)c(N)c4)ccc3nc2N)cc1. The molecule has 0 saturated heterocycles. The molecule has 0 atom stereocenters. The van der Waals surface area contributed by atoms with Crippen molar-refractivity contribution in [2.75, 3.05) is 23.0 Å². The Bertz CT molecular complexity index is 1160. The highest BCUT2D eigenvalue weighted by Gasteiger charge is 2.09. The predicted octanol–water partition coefficient (Wildman–Crippen LogP) is 4.82. The summed E-state index contributed by atoms with van der Waals surface area (Å²) in [4.78, 5) is 9.99. The number of hydrogen-bond acceptors (Lipinski definition) is 6. The number of aromatic nitrogens is 2. The summed E-state index contributed by atoms with van der Waals surface area (Å²) in [5.41, 5.74) is 23.1. The van der Waals surface area contributed by atoms with E-state index in [0.29, 0.717) is 17.3 Å². The van der Waals surface area contributed by atoms with Crippen molar-refractivity contribution in [3.05, 3.63) is 60.8 Å². The zero-order valence-electron chi connectivity index (χ0n) is 15.5. The van der Waals surface area contributed by atoms with Gasteiger partial charge in [-0.15, -0.1) is 11.8 Å². The van der Waals surface area contributed by atoms with E-state index in [-0.39, 0.29) is 0 Å². The minimum Gasteiger partial charge on any atom is -0.396 e. The van der Waals surface area contributed by atoms with E-state index in [9.17, 15) is 0 Å². The molecule has 140 valence electrons. The average molecular weight is 388 g/mol. The number of anilines is 3. The van der Waals surface area contributed by atoms with Crippen molar-refractivity contribution in [1.29, 1.82) is 0 Å². The van der Waals surface area contributed by atoms with Gasteiger partial charge in [0.2, 0.25) is 0 Å². The molecule has 0 aliphatic heterocycles. The van der Waals surface area contributed by atoms with Gasteiger partial charge in [-0.1, -0.05) is 25.1 Å². The van der Waals surface area contributed by atoms with Gasteiger partial charge < -0.3 is 17.2 Å². The van der Waals surface area contributed by atoms with Crippen LogP contribution in [-0.4, -0.2) is 15.7 Å². The minimum atomic E-state index is 0.339. The highest BCUT2D eigenvalue weighted by Crippen LogP contribution is 2.32. The quantitative estimate of drug-likeness (QED) is 0.434. The van der Waals surface area contributed by atoms with Crippen molar-refractivity contribution < 1.29 is 0 Å².